The maximum Gasteiger partial charge on any atom is 0.341 e. The molecule has 0 radical (unpaired) electrons. The zero-order valence-corrected chi connectivity index (χ0v) is 14.6. The molecule has 0 spiro atoms. The van der Waals surface area contributed by atoms with Gasteiger partial charge in [0.25, 0.3) is 5.91 Å². The summed E-state index contributed by atoms with van der Waals surface area (Å²) in [5, 5.41) is 12.4. The van der Waals surface area contributed by atoms with E-state index in [0.29, 0.717) is 11.5 Å². The van der Waals surface area contributed by atoms with Gasteiger partial charge >= 0.3 is 5.97 Å². The molecule has 2 rings (SSSR count). The van der Waals surface area contributed by atoms with Gasteiger partial charge in [0.15, 0.2) is 13.2 Å². The molecule has 0 bridgehead atoms. The highest BCUT2D eigenvalue weighted by Crippen LogP contribution is 2.16. The van der Waals surface area contributed by atoms with Crippen LogP contribution >= 0.6 is 0 Å². The minimum Gasteiger partial charge on any atom is -0.484 e. The lowest BCUT2D eigenvalue weighted by Crippen LogP contribution is -2.24. The number of rotatable bonds is 8. The number of carbonyl (C=O) groups excluding carboxylic acids is 1. The first-order valence-corrected chi connectivity index (χ1v) is 7.90. The monoisotopic (exact) mass is 356 g/mol. The maximum atomic E-state index is 11.7. The summed E-state index contributed by atoms with van der Waals surface area (Å²) in [6.07, 6.45) is 1.47. The van der Waals surface area contributed by atoms with E-state index in [0.717, 1.165) is 16.7 Å². The molecule has 0 fully saturated rings. The lowest BCUT2D eigenvalue weighted by atomic mass is 10.1. The van der Waals surface area contributed by atoms with Gasteiger partial charge in [-0.25, -0.2) is 10.2 Å². The largest absolute Gasteiger partial charge is 0.484 e. The molecule has 136 valence electrons. The number of benzene rings is 2. The Morgan fingerprint density at radius 1 is 1.00 bits per heavy atom. The Hall–Kier alpha value is -3.35. The molecule has 0 aliphatic heterocycles. The fourth-order valence-corrected chi connectivity index (χ4v) is 1.96. The van der Waals surface area contributed by atoms with Crippen LogP contribution in [0.25, 0.3) is 0 Å². The molecule has 0 aromatic heterocycles. The first kappa shape index (κ1) is 19.0. The minimum absolute atomic E-state index is 0.137. The molecule has 26 heavy (non-hydrogen) atoms. The van der Waals surface area contributed by atoms with Crippen LogP contribution in [0.3, 0.4) is 0 Å². The molecule has 7 nitrogen and oxygen atoms in total. The number of hydrazone groups is 1. The van der Waals surface area contributed by atoms with Crippen molar-refractivity contribution in [2.45, 2.75) is 13.8 Å². The van der Waals surface area contributed by atoms with Crippen LogP contribution in [0.5, 0.6) is 11.5 Å². The molecule has 0 heterocycles. The van der Waals surface area contributed by atoms with Gasteiger partial charge in [-0.15, -0.1) is 0 Å². The third-order valence-corrected chi connectivity index (χ3v) is 3.49. The molecule has 1 amide bonds. The third kappa shape index (κ3) is 6.27. The summed E-state index contributed by atoms with van der Waals surface area (Å²) in [7, 11) is 0. The summed E-state index contributed by atoms with van der Waals surface area (Å²) in [5.74, 6) is -0.346. The second-order valence-electron chi connectivity index (χ2n) is 5.58. The number of ether oxygens (including phenoxy) is 2. The smallest absolute Gasteiger partial charge is 0.341 e. The number of carboxylic acids is 1. The van der Waals surface area contributed by atoms with Crippen molar-refractivity contribution in [2.75, 3.05) is 13.2 Å². The number of aryl methyl sites for hydroxylation is 2. The topological polar surface area (TPSA) is 97.2 Å². The van der Waals surface area contributed by atoms with Gasteiger partial charge in [-0.3, -0.25) is 4.79 Å². The van der Waals surface area contributed by atoms with Crippen LogP contribution in [-0.2, 0) is 9.59 Å². The summed E-state index contributed by atoms with van der Waals surface area (Å²) in [6, 6.07) is 12.2. The minimum atomic E-state index is -1.04. The Bertz CT molecular complexity index is 800. The average molecular weight is 356 g/mol. The Kier molecular flexibility index (Phi) is 6.73. The summed E-state index contributed by atoms with van der Waals surface area (Å²) in [5.41, 5.74) is 5.36. The standard InChI is InChI=1S/C19H20N2O5/c1-13-3-6-17(9-14(13)2)25-11-18(22)21-20-10-15-4-7-16(8-5-15)26-12-19(23)24/h3-10H,11-12H2,1-2H3,(H,21,22)(H,23,24)/b20-10+. The number of carbonyl (C=O) groups is 2. The van der Waals surface area contributed by atoms with Gasteiger partial charge in [0, 0.05) is 0 Å². The van der Waals surface area contributed by atoms with Crippen molar-refractivity contribution >= 4 is 18.1 Å². The fraction of sp³-hybridized carbons (Fsp3) is 0.211. The van der Waals surface area contributed by atoms with E-state index in [-0.39, 0.29) is 12.5 Å². The lowest BCUT2D eigenvalue weighted by Gasteiger charge is -2.07. The maximum absolute atomic E-state index is 11.7. The van der Waals surface area contributed by atoms with E-state index in [1.165, 1.54) is 6.21 Å². The van der Waals surface area contributed by atoms with E-state index in [4.69, 9.17) is 14.6 Å². The van der Waals surface area contributed by atoms with E-state index in [1.54, 1.807) is 24.3 Å². The molecule has 2 aromatic rings. The summed E-state index contributed by atoms with van der Waals surface area (Å²) >= 11 is 0. The molecular formula is C19H20N2O5. The number of hydrogen-bond acceptors (Lipinski definition) is 5. The second kappa shape index (κ2) is 9.22. The molecule has 2 N–H and O–H groups in total. The van der Waals surface area contributed by atoms with Crippen molar-refractivity contribution in [3.8, 4) is 11.5 Å². The van der Waals surface area contributed by atoms with Gasteiger partial charge in [-0.2, -0.15) is 5.10 Å². The van der Waals surface area contributed by atoms with Crippen LogP contribution in [0.1, 0.15) is 16.7 Å². The van der Waals surface area contributed by atoms with Gasteiger partial charge in [0.1, 0.15) is 11.5 Å². The van der Waals surface area contributed by atoms with Crippen LogP contribution in [0.15, 0.2) is 47.6 Å². The molecule has 0 unspecified atom stereocenters. The van der Waals surface area contributed by atoms with Crippen LogP contribution in [-0.4, -0.2) is 36.4 Å². The van der Waals surface area contributed by atoms with Crippen LogP contribution < -0.4 is 14.9 Å². The van der Waals surface area contributed by atoms with Gasteiger partial charge < -0.3 is 14.6 Å². The van der Waals surface area contributed by atoms with Crippen LogP contribution in [0.4, 0.5) is 0 Å². The predicted octanol–water partition coefficient (Wildman–Crippen LogP) is 2.30. The van der Waals surface area contributed by atoms with E-state index < -0.39 is 12.6 Å². The average Bonchev–Trinajstić information content (AvgIpc) is 2.62. The van der Waals surface area contributed by atoms with E-state index in [2.05, 4.69) is 10.5 Å². The lowest BCUT2D eigenvalue weighted by molar-refractivity contribution is -0.139. The van der Waals surface area contributed by atoms with Gasteiger partial charge in [0.2, 0.25) is 0 Å². The summed E-state index contributed by atoms with van der Waals surface area (Å²) in [6.45, 7) is 3.45. The van der Waals surface area contributed by atoms with Crippen molar-refractivity contribution in [3.63, 3.8) is 0 Å². The molecule has 0 saturated carbocycles. The Balaban J connectivity index is 1.77. The van der Waals surface area contributed by atoms with Crippen molar-refractivity contribution in [2.24, 2.45) is 5.10 Å². The van der Waals surface area contributed by atoms with Gasteiger partial charge in [-0.05, 0) is 66.9 Å². The molecule has 7 heteroatoms. The fourth-order valence-electron chi connectivity index (χ4n) is 1.96. The van der Waals surface area contributed by atoms with E-state index >= 15 is 0 Å². The van der Waals surface area contributed by atoms with Crippen LogP contribution in [0, 0.1) is 13.8 Å². The summed E-state index contributed by atoms with van der Waals surface area (Å²) < 4.78 is 10.4. The number of nitrogens with one attached hydrogen (secondary N) is 1. The van der Waals surface area contributed by atoms with Crippen LogP contribution in [0.2, 0.25) is 0 Å². The highest BCUT2D eigenvalue weighted by atomic mass is 16.5. The normalized spacial score (nSPS) is 10.5. The number of hydrogen-bond donors (Lipinski definition) is 2. The number of amides is 1. The van der Waals surface area contributed by atoms with Crippen molar-refractivity contribution < 1.29 is 24.2 Å². The molecule has 0 saturated heterocycles. The first-order chi connectivity index (χ1) is 12.4. The zero-order chi connectivity index (χ0) is 18.9. The molecule has 0 aliphatic carbocycles. The van der Waals surface area contributed by atoms with Crippen molar-refractivity contribution in [3.05, 3.63) is 59.2 Å². The summed E-state index contributed by atoms with van der Waals surface area (Å²) in [4.78, 5) is 22.2. The quantitative estimate of drug-likeness (QED) is 0.559. The molecule has 0 aliphatic rings. The van der Waals surface area contributed by atoms with Crippen molar-refractivity contribution in [1.82, 2.24) is 5.43 Å². The number of carboxylic acid groups (broad SMARTS) is 1. The Morgan fingerprint density at radius 2 is 1.65 bits per heavy atom. The first-order valence-electron chi connectivity index (χ1n) is 7.90. The zero-order valence-electron chi connectivity index (χ0n) is 14.6. The van der Waals surface area contributed by atoms with Gasteiger partial charge in [0.05, 0.1) is 6.21 Å². The molecule has 2 aromatic carbocycles. The predicted molar refractivity (Wildman–Crippen MR) is 96.7 cm³/mol. The Morgan fingerprint density at radius 3 is 2.31 bits per heavy atom. The third-order valence-electron chi connectivity index (χ3n) is 3.49. The molecule has 0 atom stereocenters. The van der Waals surface area contributed by atoms with Crippen molar-refractivity contribution in [1.29, 1.82) is 0 Å². The van der Waals surface area contributed by atoms with E-state index in [1.807, 2.05) is 32.0 Å². The number of nitrogens with zero attached hydrogens (tertiary/aromatic N) is 1. The van der Waals surface area contributed by atoms with Gasteiger partial charge in [-0.1, -0.05) is 6.07 Å². The number of aliphatic carboxylic acids is 1. The second-order valence-corrected chi connectivity index (χ2v) is 5.58. The van der Waals surface area contributed by atoms with E-state index in [9.17, 15) is 9.59 Å². The SMILES string of the molecule is Cc1ccc(OCC(=O)N/N=C/c2ccc(OCC(=O)O)cc2)cc1C. The highest BCUT2D eigenvalue weighted by molar-refractivity contribution is 5.83. The highest BCUT2D eigenvalue weighted by Gasteiger charge is 2.03. The molecular weight excluding hydrogens is 336 g/mol. The Labute approximate surface area is 151 Å².